The summed E-state index contributed by atoms with van der Waals surface area (Å²) in [7, 11) is 0. The van der Waals surface area contributed by atoms with Crippen molar-refractivity contribution in [2.75, 3.05) is 5.32 Å². The van der Waals surface area contributed by atoms with Crippen molar-refractivity contribution in [2.45, 2.75) is 0 Å². The minimum Gasteiger partial charge on any atom is -0.322 e. The molecule has 0 radical (unpaired) electrons. The van der Waals surface area contributed by atoms with Crippen molar-refractivity contribution < 1.29 is 4.79 Å². The van der Waals surface area contributed by atoms with Crippen molar-refractivity contribution in [3.63, 3.8) is 0 Å². The molecule has 2 rings (SSSR count). The second kappa shape index (κ2) is 5.40. The standard InChI is InChI=1S/C11H6BrCl2NOS/c12-10-1-6(5-17-10)11(16)15-9-3-7(13)2-8(14)4-9/h1-5H,(H,15,16). The van der Waals surface area contributed by atoms with Gasteiger partial charge in [-0.3, -0.25) is 4.79 Å². The van der Waals surface area contributed by atoms with E-state index < -0.39 is 0 Å². The Labute approximate surface area is 121 Å². The molecule has 1 amide bonds. The van der Waals surface area contributed by atoms with Crippen molar-refractivity contribution in [1.82, 2.24) is 0 Å². The zero-order valence-electron chi connectivity index (χ0n) is 8.34. The van der Waals surface area contributed by atoms with Gasteiger partial charge in [0.1, 0.15) is 0 Å². The average Bonchev–Trinajstić information content (AvgIpc) is 2.63. The highest BCUT2D eigenvalue weighted by Gasteiger charge is 2.09. The zero-order chi connectivity index (χ0) is 12.4. The highest BCUT2D eigenvalue weighted by molar-refractivity contribution is 9.11. The molecule has 0 bridgehead atoms. The Balaban J connectivity index is 2.18. The Morgan fingerprint density at radius 1 is 1.18 bits per heavy atom. The van der Waals surface area contributed by atoms with Gasteiger partial charge in [-0.2, -0.15) is 0 Å². The SMILES string of the molecule is O=C(Nc1cc(Cl)cc(Cl)c1)c1csc(Br)c1. The number of carbonyl (C=O) groups excluding carboxylic acids is 1. The Morgan fingerprint density at radius 2 is 1.82 bits per heavy atom. The van der Waals surface area contributed by atoms with E-state index in [-0.39, 0.29) is 5.91 Å². The number of carbonyl (C=O) groups is 1. The minimum atomic E-state index is -0.190. The molecule has 0 saturated carbocycles. The summed E-state index contributed by atoms with van der Waals surface area (Å²) in [5.74, 6) is -0.190. The molecule has 1 N–H and O–H groups in total. The van der Waals surface area contributed by atoms with Gasteiger partial charge < -0.3 is 5.32 Å². The number of benzene rings is 1. The summed E-state index contributed by atoms with van der Waals surface area (Å²) in [6.07, 6.45) is 0. The molecule has 1 aromatic heterocycles. The first-order chi connectivity index (χ1) is 8.04. The summed E-state index contributed by atoms with van der Waals surface area (Å²) >= 11 is 16.4. The largest absolute Gasteiger partial charge is 0.322 e. The number of thiophene rings is 1. The molecule has 2 aromatic rings. The van der Waals surface area contributed by atoms with Gasteiger partial charge in [-0.15, -0.1) is 11.3 Å². The van der Waals surface area contributed by atoms with Gasteiger partial charge in [0.2, 0.25) is 0 Å². The third-order valence-electron chi connectivity index (χ3n) is 1.95. The van der Waals surface area contributed by atoms with Crippen LogP contribution in [0.2, 0.25) is 10.0 Å². The van der Waals surface area contributed by atoms with Crippen LogP contribution in [0.5, 0.6) is 0 Å². The van der Waals surface area contributed by atoms with Crippen molar-refractivity contribution in [3.05, 3.63) is 49.0 Å². The van der Waals surface area contributed by atoms with Gasteiger partial charge in [0.05, 0.1) is 9.35 Å². The van der Waals surface area contributed by atoms with Crippen LogP contribution in [0.1, 0.15) is 10.4 Å². The number of nitrogens with one attached hydrogen (secondary N) is 1. The molecule has 2 nitrogen and oxygen atoms in total. The minimum absolute atomic E-state index is 0.190. The molecule has 1 aromatic carbocycles. The first-order valence-corrected chi connectivity index (χ1v) is 6.99. The molecule has 0 aliphatic rings. The molecule has 1 heterocycles. The van der Waals surface area contributed by atoms with Gasteiger partial charge in [0.25, 0.3) is 5.91 Å². The fourth-order valence-electron chi connectivity index (χ4n) is 1.26. The lowest BCUT2D eigenvalue weighted by atomic mass is 10.3. The number of hydrogen-bond acceptors (Lipinski definition) is 2. The fourth-order valence-corrected chi connectivity index (χ4v) is 2.92. The quantitative estimate of drug-likeness (QED) is 0.804. The Bertz CT molecular complexity index is 550. The van der Waals surface area contributed by atoms with Crippen LogP contribution in [-0.2, 0) is 0 Å². The number of halogens is 3. The summed E-state index contributed by atoms with van der Waals surface area (Å²) in [4.78, 5) is 11.8. The maximum Gasteiger partial charge on any atom is 0.256 e. The maximum absolute atomic E-state index is 11.8. The van der Waals surface area contributed by atoms with E-state index in [9.17, 15) is 4.79 Å². The van der Waals surface area contributed by atoms with Gasteiger partial charge in [-0.25, -0.2) is 0 Å². The predicted molar refractivity (Wildman–Crippen MR) is 76.4 cm³/mol. The first kappa shape index (κ1) is 12.9. The third-order valence-corrected chi connectivity index (χ3v) is 3.89. The highest BCUT2D eigenvalue weighted by Crippen LogP contribution is 2.24. The number of hydrogen-bond donors (Lipinski definition) is 1. The average molecular weight is 351 g/mol. The van der Waals surface area contributed by atoms with Gasteiger partial charge in [-0.05, 0) is 40.2 Å². The molecule has 0 fully saturated rings. The first-order valence-electron chi connectivity index (χ1n) is 4.56. The van der Waals surface area contributed by atoms with Crippen LogP contribution in [0.15, 0.2) is 33.4 Å². The summed E-state index contributed by atoms with van der Waals surface area (Å²) in [5.41, 5.74) is 1.17. The lowest BCUT2D eigenvalue weighted by Crippen LogP contribution is -2.10. The molecule has 0 atom stereocenters. The molecular formula is C11H6BrCl2NOS. The Morgan fingerprint density at radius 3 is 2.35 bits per heavy atom. The van der Waals surface area contributed by atoms with E-state index in [4.69, 9.17) is 23.2 Å². The molecule has 0 aliphatic carbocycles. The van der Waals surface area contributed by atoms with E-state index in [0.29, 0.717) is 21.3 Å². The van der Waals surface area contributed by atoms with E-state index in [2.05, 4.69) is 21.2 Å². The molecular weight excluding hydrogens is 345 g/mol. The normalized spacial score (nSPS) is 10.3. The molecule has 6 heteroatoms. The van der Waals surface area contributed by atoms with Crippen LogP contribution in [0.3, 0.4) is 0 Å². The monoisotopic (exact) mass is 349 g/mol. The molecule has 17 heavy (non-hydrogen) atoms. The lowest BCUT2D eigenvalue weighted by Gasteiger charge is -2.04. The van der Waals surface area contributed by atoms with Crippen molar-refractivity contribution in [1.29, 1.82) is 0 Å². The van der Waals surface area contributed by atoms with E-state index in [1.165, 1.54) is 11.3 Å². The second-order valence-electron chi connectivity index (χ2n) is 3.25. The lowest BCUT2D eigenvalue weighted by molar-refractivity contribution is 0.102. The van der Waals surface area contributed by atoms with Crippen LogP contribution in [-0.4, -0.2) is 5.91 Å². The summed E-state index contributed by atoms with van der Waals surface area (Å²) in [6, 6.07) is 6.66. The van der Waals surface area contributed by atoms with Crippen molar-refractivity contribution in [3.8, 4) is 0 Å². The van der Waals surface area contributed by atoms with Crippen LogP contribution < -0.4 is 5.32 Å². The Kier molecular flexibility index (Phi) is 4.09. The summed E-state index contributed by atoms with van der Waals surface area (Å²) in [5, 5.41) is 5.47. The van der Waals surface area contributed by atoms with Crippen LogP contribution in [0.4, 0.5) is 5.69 Å². The van der Waals surface area contributed by atoms with Crippen LogP contribution >= 0.6 is 50.5 Å². The number of anilines is 1. The second-order valence-corrected chi connectivity index (χ2v) is 6.42. The van der Waals surface area contributed by atoms with Crippen molar-refractivity contribution in [2.24, 2.45) is 0 Å². The van der Waals surface area contributed by atoms with E-state index in [1.807, 2.05) is 0 Å². The molecule has 0 aliphatic heterocycles. The van der Waals surface area contributed by atoms with E-state index >= 15 is 0 Å². The topological polar surface area (TPSA) is 29.1 Å². The van der Waals surface area contributed by atoms with Crippen LogP contribution in [0.25, 0.3) is 0 Å². The Hall–Kier alpha value is -0.550. The summed E-state index contributed by atoms with van der Waals surface area (Å²) in [6.45, 7) is 0. The maximum atomic E-state index is 11.8. The summed E-state index contributed by atoms with van der Waals surface area (Å²) < 4.78 is 0.909. The third kappa shape index (κ3) is 3.45. The van der Waals surface area contributed by atoms with Crippen molar-refractivity contribution >= 4 is 62.1 Å². The molecule has 0 unspecified atom stereocenters. The molecule has 0 saturated heterocycles. The van der Waals surface area contributed by atoms with Gasteiger partial charge >= 0.3 is 0 Å². The number of amides is 1. The van der Waals surface area contributed by atoms with Gasteiger partial charge in [0.15, 0.2) is 0 Å². The van der Waals surface area contributed by atoms with E-state index in [0.717, 1.165) is 3.79 Å². The molecule has 0 spiro atoms. The van der Waals surface area contributed by atoms with Gasteiger partial charge in [-0.1, -0.05) is 23.2 Å². The highest BCUT2D eigenvalue weighted by atomic mass is 79.9. The van der Waals surface area contributed by atoms with E-state index in [1.54, 1.807) is 29.6 Å². The fraction of sp³-hybridized carbons (Fsp3) is 0. The van der Waals surface area contributed by atoms with Crippen LogP contribution in [0, 0.1) is 0 Å². The molecule has 88 valence electrons. The van der Waals surface area contributed by atoms with Gasteiger partial charge in [0, 0.05) is 21.1 Å². The predicted octanol–water partition coefficient (Wildman–Crippen LogP) is 5.07. The number of rotatable bonds is 2. The zero-order valence-corrected chi connectivity index (χ0v) is 12.3. The smallest absolute Gasteiger partial charge is 0.256 e.